The van der Waals surface area contributed by atoms with Crippen molar-refractivity contribution >= 4 is 55.2 Å². The highest BCUT2D eigenvalue weighted by molar-refractivity contribution is 6.69. The second kappa shape index (κ2) is 6.56. The number of hydrogen-bond donors (Lipinski definition) is 0. The van der Waals surface area contributed by atoms with E-state index in [1.54, 1.807) is 12.1 Å². The van der Waals surface area contributed by atoms with Gasteiger partial charge in [-0.05, 0) is 86.2 Å². The van der Waals surface area contributed by atoms with Crippen molar-refractivity contribution in [1.82, 2.24) is 0 Å². The Balaban J connectivity index is 2.08. The minimum atomic E-state index is -0.578. The largest absolute Gasteiger partial charge is 0.276 e. The van der Waals surface area contributed by atoms with Gasteiger partial charge >= 0.3 is 0 Å². The van der Waals surface area contributed by atoms with E-state index in [0.29, 0.717) is 16.7 Å². The van der Waals surface area contributed by atoms with E-state index < -0.39 is 10.5 Å². The first-order valence-corrected chi connectivity index (χ1v) is 8.76. The molecule has 0 bridgehead atoms. The van der Waals surface area contributed by atoms with Crippen LogP contribution < -0.4 is 0 Å². The maximum atomic E-state index is 11.9. The number of fused-ring (bicyclic) bond motifs is 2. The lowest BCUT2D eigenvalue weighted by Gasteiger charge is -2.12. The second-order valence-corrected chi connectivity index (χ2v) is 6.72. The van der Waals surface area contributed by atoms with E-state index in [-0.39, 0.29) is 0 Å². The van der Waals surface area contributed by atoms with Crippen LogP contribution in [0.1, 0.15) is 20.7 Å². The van der Waals surface area contributed by atoms with Crippen LogP contribution in [0.15, 0.2) is 72.8 Å². The molecule has 0 aliphatic carbocycles. The smallest absolute Gasteiger partial charge is 0.253 e. The van der Waals surface area contributed by atoms with Crippen molar-refractivity contribution in [3.05, 3.63) is 83.9 Å². The van der Waals surface area contributed by atoms with Gasteiger partial charge in [-0.1, -0.05) is 42.5 Å². The molecule has 4 aromatic rings. The van der Waals surface area contributed by atoms with Crippen LogP contribution in [0.25, 0.3) is 32.7 Å². The van der Waals surface area contributed by atoms with Crippen molar-refractivity contribution < 1.29 is 9.59 Å². The van der Waals surface area contributed by atoms with Gasteiger partial charge < -0.3 is 0 Å². The number of hydrogen-bond acceptors (Lipinski definition) is 2. The maximum Gasteiger partial charge on any atom is 0.253 e. The Morgan fingerprint density at radius 3 is 2.00 bits per heavy atom. The van der Waals surface area contributed by atoms with Crippen LogP contribution in [-0.2, 0) is 0 Å². The van der Waals surface area contributed by atoms with Gasteiger partial charge in [0.25, 0.3) is 10.5 Å². The third-order valence-electron chi connectivity index (χ3n) is 4.50. The molecule has 4 aromatic carbocycles. The average molecular weight is 379 g/mol. The molecule has 0 N–H and O–H groups in total. The molecular weight excluding hydrogens is 367 g/mol. The lowest BCUT2D eigenvalue weighted by Crippen LogP contribution is -1.98. The Bertz CT molecular complexity index is 1200. The van der Waals surface area contributed by atoms with Gasteiger partial charge in [-0.15, -0.1) is 0 Å². The summed E-state index contributed by atoms with van der Waals surface area (Å²) in [4.78, 5) is 23.5. The number of rotatable bonds is 3. The molecule has 2 nitrogen and oxygen atoms in total. The first-order chi connectivity index (χ1) is 12.5. The SMILES string of the molecule is O=C(Cl)c1ccc(C(=O)Cl)c(-c2cccc3cc4ccccc4cc23)c1. The molecule has 4 heteroatoms. The van der Waals surface area contributed by atoms with E-state index in [2.05, 4.69) is 18.2 Å². The molecule has 0 saturated carbocycles. The van der Waals surface area contributed by atoms with E-state index in [9.17, 15) is 9.59 Å². The zero-order valence-corrected chi connectivity index (χ0v) is 15.0. The standard InChI is InChI=1S/C22H12Cl2O2/c23-21(25)16-8-9-18(22(24)26)20(12-16)17-7-3-6-15-10-13-4-1-2-5-14(13)11-19(15)17/h1-12H. The second-order valence-electron chi connectivity index (χ2n) is 6.03. The predicted molar refractivity (Wildman–Crippen MR) is 107 cm³/mol. The number of carbonyl (C=O) groups excluding carboxylic acids is 2. The number of benzene rings is 4. The Kier molecular flexibility index (Phi) is 4.23. The quantitative estimate of drug-likeness (QED) is 0.304. The highest BCUT2D eigenvalue weighted by Crippen LogP contribution is 2.35. The normalized spacial score (nSPS) is 11.0. The van der Waals surface area contributed by atoms with Gasteiger partial charge in [0.1, 0.15) is 0 Å². The van der Waals surface area contributed by atoms with Gasteiger partial charge in [0.15, 0.2) is 0 Å². The topological polar surface area (TPSA) is 34.1 Å². The Morgan fingerprint density at radius 1 is 0.615 bits per heavy atom. The zero-order chi connectivity index (χ0) is 18.3. The summed E-state index contributed by atoms with van der Waals surface area (Å²) in [6.07, 6.45) is 0. The molecule has 0 spiro atoms. The van der Waals surface area contributed by atoms with Crippen LogP contribution in [0.2, 0.25) is 0 Å². The third kappa shape index (κ3) is 2.88. The third-order valence-corrected chi connectivity index (χ3v) is 4.92. The fraction of sp³-hybridized carbons (Fsp3) is 0. The molecule has 0 saturated heterocycles. The summed E-state index contributed by atoms with van der Waals surface area (Å²) in [5.74, 6) is 0. The van der Waals surface area contributed by atoms with E-state index in [4.69, 9.17) is 23.2 Å². The van der Waals surface area contributed by atoms with Crippen molar-refractivity contribution in [3.8, 4) is 11.1 Å². The monoisotopic (exact) mass is 378 g/mol. The number of carbonyl (C=O) groups is 2. The summed E-state index contributed by atoms with van der Waals surface area (Å²) in [6.45, 7) is 0. The van der Waals surface area contributed by atoms with Crippen LogP contribution in [0.3, 0.4) is 0 Å². The molecule has 4 rings (SSSR count). The maximum absolute atomic E-state index is 11.9. The summed E-state index contributed by atoms with van der Waals surface area (Å²) in [6, 6.07) is 22.8. The van der Waals surface area contributed by atoms with Crippen molar-refractivity contribution in [2.45, 2.75) is 0 Å². The van der Waals surface area contributed by atoms with Crippen LogP contribution in [-0.4, -0.2) is 10.5 Å². The Hall–Kier alpha value is -2.68. The summed E-state index contributed by atoms with van der Waals surface area (Å²) in [7, 11) is 0. The van der Waals surface area contributed by atoms with Gasteiger partial charge in [-0.25, -0.2) is 0 Å². The predicted octanol–water partition coefficient (Wildman–Crippen LogP) is 6.42. The lowest BCUT2D eigenvalue weighted by molar-refractivity contribution is 0.107. The van der Waals surface area contributed by atoms with Gasteiger partial charge in [-0.2, -0.15) is 0 Å². The summed E-state index contributed by atoms with van der Waals surface area (Å²) < 4.78 is 0. The molecule has 0 atom stereocenters. The van der Waals surface area contributed by atoms with E-state index >= 15 is 0 Å². The van der Waals surface area contributed by atoms with E-state index in [1.165, 1.54) is 6.07 Å². The Labute approximate surface area is 160 Å². The molecule has 126 valence electrons. The highest BCUT2D eigenvalue weighted by Gasteiger charge is 2.16. The van der Waals surface area contributed by atoms with Gasteiger partial charge in [0, 0.05) is 11.1 Å². The van der Waals surface area contributed by atoms with Gasteiger partial charge in [-0.3, -0.25) is 9.59 Å². The summed E-state index contributed by atoms with van der Waals surface area (Å²) in [5.41, 5.74) is 2.09. The van der Waals surface area contributed by atoms with E-state index in [0.717, 1.165) is 27.1 Å². The van der Waals surface area contributed by atoms with Crippen LogP contribution >= 0.6 is 23.2 Å². The van der Waals surface area contributed by atoms with Crippen molar-refractivity contribution in [3.63, 3.8) is 0 Å². The summed E-state index contributed by atoms with van der Waals surface area (Å²) in [5, 5.41) is 3.09. The zero-order valence-electron chi connectivity index (χ0n) is 13.5. The van der Waals surface area contributed by atoms with Crippen molar-refractivity contribution in [2.75, 3.05) is 0 Å². The van der Waals surface area contributed by atoms with Crippen molar-refractivity contribution in [2.24, 2.45) is 0 Å². The Morgan fingerprint density at radius 2 is 1.31 bits per heavy atom. The molecule has 0 unspecified atom stereocenters. The molecule has 26 heavy (non-hydrogen) atoms. The minimum absolute atomic E-state index is 0.320. The van der Waals surface area contributed by atoms with Crippen LogP contribution in [0, 0.1) is 0 Å². The molecule has 0 radical (unpaired) electrons. The lowest BCUT2D eigenvalue weighted by atomic mass is 9.92. The first kappa shape index (κ1) is 16.8. The van der Waals surface area contributed by atoms with Crippen LogP contribution in [0.4, 0.5) is 0 Å². The molecule has 0 fully saturated rings. The molecule has 0 aliphatic heterocycles. The molecule has 0 aromatic heterocycles. The van der Waals surface area contributed by atoms with Crippen LogP contribution in [0.5, 0.6) is 0 Å². The highest BCUT2D eigenvalue weighted by atomic mass is 35.5. The van der Waals surface area contributed by atoms with Gasteiger partial charge in [0.2, 0.25) is 0 Å². The average Bonchev–Trinajstić information content (AvgIpc) is 2.65. The molecule has 0 amide bonds. The van der Waals surface area contributed by atoms with E-state index in [1.807, 2.05) is 36.4 Å². The number of halogens is 2. The summed E-state index contributed by atoms with van der Waals surface area (Å²) >= 11 is 11.4. The molecule has 0 heterocycles. The first-order valence-electron chi connectivity index (χ1n) is 8.00. The van der Waals surface area contributed by atoms with Crippen molar-refractivity contribution in [1.29, 1.82) is 0 Å². The molecule has 0 aliphatic rings. The minimum Gasteiger partial charge on any atom is -0.276 e. The fourth-order valence-electron chi connectivity index (χ4n) is 3.26. The fourth-order valence-corrected chi connectivity index (χ4v) is 3.54. The van der Waals surface area contributed by atoms with Gasteiger partial charge in [0.05, 0.1) is 0 Å². The molecular formula is C22H12Cl2O2.